The molecule has 1 aliphatic carbocycles. The average Bonchev–Trinajstić information content (AvgIpc) is 2.95. The van der Waals surface area contributed by atoms with Gasteiger partial charge in [0, 0.05) is 33.1 Å². The summed E-state index contributed by atoms with van der Waals surface area (Å²) in [6.07, 6.45) is 3.28. The molecule has 0 aromatic carbocycles. The van der Waals surface area contributed by atoms with Gasteiger partial charge in [0.05, 0.1) is 0 Å². The highest BCUT2D eigenvalue weighted by molar-refractivity contribution is 5.76. The molecule has 1 rings (SSSR count). The van der Waals surface area contributed by atoms with Crippen molar-refractivity contribution in [1.29, 1.82) is 0 Å². The van der Waals surface area contributed by atoms with E-state index in [1.807, 2.05) is 14.1 Å². The Morgan fingerprint density at radius 1 is 1.31 bits per heavy atom. The lowest BCUT2D eigenvalue weighted by Gasteiger charge is -2.23. The zero-order valence-corrected chi connectivity index (χ0v) is 11.3. The van der Waals surface area contributed by atoms with Crippen LogP contribution in [0.15, 0.2) is 0 Å². The van der Waals surface area contributed by atoms with Gasteiger partial charge in [0.15, 0.2) is 0 Å². The van der Waals surface area contributed by atoms with E-state index >= 15 is 0 Å². The summed E-state index contributed by atoms with van der Waals surface area (Å²) in [4.78, 5) is 13.2. The summed E-state index contributed by atoms with van der Waals surface area (Å²) in [5.74, 6) is 0.950. The first-order valence-electron chi connectivity index (χ1n) is 6.31. The van der Waals surface area contributed by atoms with E-state index < -0.39 is 0 Å². The van der Waals surface area contributed by atoms with Crippen LogP contribution >= 0.6 is 0 Å². The molecule has 1 atom stereocenters. The highest BCUT2D eigenvalue weighted by Gasteiger charge is 2.44. The number of carbonyl (C=O) groups excluding carboxylic acids is 1. The molecule has 1 N–H and O–H groups in total. The van der Waals surface area contributed by atoms with E-state index in [-0.39, 0.29) is 11.9 Å². The maximum absolute atomic E-state index is 11.5. The molecule has 0 bridgehead atoms. The van der Waals surface area contributed by atoms with Crippen molar-refractivity contribution in [2.24, 2.45) is 11.3 Å². The monoisotopic (exact) mass is 226 g/mol. The van der Waals surface area contributed by atoms with Gasteiger partial charge >= 0.3 is 0 Å². The Bertz CT molecular complexity index is 244. The maximum atomic E-state index is 11.5. The van der Waals surface area contributed by atoms with E-state index in [0.29, 0.717) is 11.8 Å². The second kappa shape index (κ2) is 5.17. The number of nitrogens with one attached hydrogen (secondary N) is 1. The molecule has 1 unspecified atom stereocenters. The molecule has 3 heteroatoms. The van der Waals surface area contributed by atoms with E-state index in [1.165, 1.54) is 12.8 Å². The van der Waals surface area contributed by atoms with Crippen LogP contribution in [0.4, 0.5) is 0 Å². The van der Waals surface area contributed by atoms with Gasteiger partial charge in [-0.05, 0) is 31.1 Å². The second-order valence-electron chi connectivity index (χ2n) is 5.79. The number of rotatable bonds is 6. The van der Waals surface area contributed by atoms with Crippen LogP contribution in [-0.4, -0.2) is 37.5 Å². The molecule has 1 saturated carbocycles. The first-order chi connectivity index (χ1) is 7.37. The SMILES string of the molecule is CC(CC(=O)N(C)C)NCC1(C(C)C)CC1. The minimum atomic E-state index is 0.203. The third-order valence-corrected chi connectivity index (χ3v) is 3.90. The van der Waals surface area contributed by atoms with Crippen molar-refractivity contribution in [2.45, 2.75) is 46.1 Å². The Balaban J connectivity index is 2.25. The summed E-state index contributed by atoms with van der Waals surface area (Å²) >= 11 is 0. The molecule has 1 fully saturated rings. The van der Waals surface area contributed by atoms with Crippen LogP contribution in [0.25, 0.3) is 0 Å². The maximum Gasteiger partial charge on any atom is 0.223 e. The molecule has 0 spiro atoms. The number of nitrogens with zero attached hydrogens (tertiary/aromatic N) is 1. The fourth-order valence-corrected chi connectivity index (χ4v) is 2.01. The van der Waals surface area contributed by atoms with Gasteiger partial charge in [-0.1, -0.05) is 13.8 Å². The largest absolute Gasteiger partial charge is 0.349 e. The van der Waals surface area contributed by atoms with Gasteiger partial charge in [-0.25, -0.2) is 0 Å². The second-order valence-corrected chi connectivity index (χ2v) is 5.79. The predicted octanol–water partition coefficient (Wildman–Crippen LogP) is 1.88. The summed E-state index contributed by atoms with van der Waals surface area (Å²) in [6.45, 7) is 7.75. The van der Waals surface area contributed by atoms with Gasteiger partial charge in [0.1, 0.15) is 0 Å². The van der Waals surface area contributed by atoms with E-state index in [0.717, 1.165) is 12.5 Å². The highest BCUT2D eigenvalue weighted by Crippen LogP contribution is 2.51. The van der Waals surface area contributed by atoms with Crippen molar-refractivity contribution in [3.63, 3.8) is 0 Å². The number of hydrogen-bond donors (Lipinski definition) is 1. The number of hydrogen-bond acceptors (Lipinski definition) is 2. The summed E-state index contributed by atoms with van der Waals surface area (Å²) in [7, 11) is 3.62. The lowest BCUT2D eigenvalue weighted by Crippen LogP contribution is -2.37. The average molecular weight is 226 g/mol. The molecule has 3 nitrogen and oxygen atoms in total. The molecule has 0 saturated heterocycles. The molecule has 1 aliphatic rings. The van der Waals surface area contributed by atoms with E-state index in [4.69, 9.17) is 0 Å². The topological polar surface area (TPSA) is 32.3 Å². The third kappa shape index (κ3) is 3.48. The van der Waals surface area contributed by atoms with Gasteiger partial charge in [-0.15, -0.1) is 0 Å². The predicted molar refractivity (Wildman–Crippen MR) is 67.3 cm³/mol. The van der Waals surface area contributed by atoms with Gasteiger partial charge in [0.25, 0.3) is 0 Å². The van der Waals surface area contributed by atoms with Crippen molar-refractivity contribution >= 4 is 5.91 Å². The van der Waals surface area contributed by atoms with Crippen molar-refractivity contribution in [1.82, 2.24) is 10.2 Å². The van der Waals surface area contributed by atoms with Crippen LogP contribution in [0.1, 0.15) is 40.0 Å². The van der Waals surface area contributed by atoms with Crippen molar-refractivity contribution in [3.8, 4) is 0 Å². The fraction of sp³-hybridized carbons (Fsp3) is 0.923. The van der Waals surface area contributed by atoms with Crippen LogP contribution in [0.2, 0.25) is 0 Å². The van der Waals surface area contributed by atoms with Gasteiger partial charge in [-0.2, -0.15) is 0 Å². The zero-order valence-electron chi connectivity index (χ0n) is 11.3. The van der Waals surface area contributed by atoms with E-state index in [1.54, 1.807) is 4.90 Å². The summed E-state index contributed by atoms with van der Waals surface area (Å²) in [6, 6.07) is 0.283. The Hall–Kier alpha value is -0.570. The minimum Gasteiger partial charge on any atom is -0.349 e. The Labute approximate surface area is 99.6 Å². The molecule has 0 heterocycles. The zero-order chi connectivity index (χ0) is 12.3. The summed E-state index contributed by atoms with van der Waals surface area (Å²) in [5.41, 5.74) is 0.523. The first kappa shape index (κ1) is 13.5. The molecule has 0 aliphatic heterocycles. The van der Waals surface area contributed by atoms with Gasteiger partial charge in [0.2, 0.25) is 5.91 Å². The van der Waals surface area contributed by atoms with Crippen molar-refractivity contribution in [3.05, 3.63) is 0 Å². The lowest BCUT2D eigenvalue weighted by molar-refractivity contribution is -0.129. The number of amides is 1. The molecule has 0 aromatic rings. The normalized spacial score (nSPS) is 19.6. The van der Waals surface area contributed by atoms with Gasteiger partial charge < -0.3 is 10.2 Å². The molecule has 0 aromatic heterocycles. The third-order valence-electron chi connectivity index (χ3n) is 3.90. The molecular formula is C13H26N2O. The molecule has 1 amide bonds. The summed E-state index contributed by atoms with van der Waals surface area (Å²) < 4.78 is 0. The fourth-order valence-electron chi connectivity index (χ4n) is 2.01. The lowest BCUT2D eigenvalue weighted by atomic mass is 9.92. The van der Waals surface area contributed by atoms with Crippen LogP contribution in [0.5, 0.6) is 0 Å². The summed E-state index contributed by atoms with van der Waals surface area (Å²) in [5, 5.41) is 3.50. The molecule has 16 heavy (non-hydrogen) atoms. The molecule has 0 radical (unpaired) electrons. The van der Waals surface area contributed by atoms with Crippen LogP contribution in [0, 0.1) is 11.3 Å². The van der Waals surface area contributed by atoms with E-state index in [9.17, 15) is 4.79 Å². The van der Waals surface area contributed by atoms with Crippen LogP contribution in [0.3, 0.4) is 0 Å². The van der Waals surface area contributed by atoms with Crippen molar-refractivity contribution in [2.75, 3.05) is 20.6 Å². The Kier molecular flexibility index (Phi) is 4.36. The molecular weight excluding hydrogens is 200 g/mol. The van der Waals surface area contributed by atoms with Crippen LogP contribution in [-0.2, 0) is 4.79 Å². The minimum absolute atomic E-state index is 0.203. The Morgan fingerprint density at radius 2 is 1.88 bits per heavy atom. The Morgan fingerprint density at radius 3 is 2.25 bits per heavy atom. The highest BCUT2D eigenvalue weighted by atomic mass is 16.2. The van der Waals surface area contributed by atoms with Crippen LogP contribution < -0.4 is 5.32 Å². The van der Waals surface area contributed by atoms with E-state index in [2.05, 4.69) is 26.1 Å². The molecule has 94 valence electrons. The number of carbonyl (C=O) groups is 1. The first-order valence-corrected chi connectivity index (χ1v) is 6.31. The van der Waals surface area contributed by atoms with Gasteiger partial charge in [-0.3, -0.25) is 4.79 Å². The van der Waals surface area contributed by atoms with Crippen molar-refractivity contribution < 1.29 is 4.79 Å². The smallest absolute Gasteiger partial charge is 0.223 e. The quantitative estimate of drug-likeness (QED) is 0.750. The standard InChI is InChI=1S/C13H26N2O/c1-10(2)13(6-7-13)9-14-11(3)8-12(16)15(4)5/h10-11,14H,6-9H2,1-5H3.